The van der Waals surface area contributed by atoms with Gasteiger partial charge in [0, 0.05) is 5.57 Å². The van der Waals surface area contributed by atoms with Gasteiger partial charge in [-0.25, -0.2) is 4.79 Å². The molecule has 0 aromatic heterocycles. The molecule has 198 valence electrons. The van der Waals surface area contributed by atoms with Crippen LogP contribution in [0.25, 0.3) is 0 Å². The number of rotatable bonds is 7. The molecule has 0 saturated heterocycles. The molecular weight excluding hydrogens is 515 g/mol. The minimum atomic E-state index is -8.42. The zero-order valence-corrected chi connectivity index (χ0v) is 16.2. The van der Waals surface area contributed by atoms with Gasteiger partial charge in [-0.1, -0.05) is 20.4 Å². The van der Waals surface area contributed by atoms with Crippen LogP contribution in [0.2, 0.25) is 0 Å². The maximum absolute atomic E-state index is 12.9. The number of alkyl halides is 15. The van der Waals surface area contributed by atoms with Crippen molar-refractivity contribution in [1.29, 1.82) is 0 Å². The quantitative estimate of drug-likeness (QED) is 0.337. The number of carbonyl (C=O) groups is 2. The highest BCUT2D eigenvalue weighted by atomic mass is 19.4. The van der Waals surface area contributed by atoms with Crippen LogP contribution in [0, 0.1) is 0 Å². The molecule has 0 atom stereocenters. The molecule has 0 spiro atoms. The number of carbonyl (C=O) groups excluding carboxylic acids is 1. The Morgan fingerprint density at radius 3 is 1.03 bits per heavy atom. The Morgan fingerprint density at radius 2 is 0.848 bits per heavy atom. The van der Waals surface area contributed by atoms with Crippen molar-refractivity contribution in [3.05, 3.63) is 12.2 Å². The first-order valence-electron chi connectivity index (χ1n) is 7.61. The van der Waals surface area contributed by atoms with E-state index >= 15 is 0 Å². The Hall–Kier alpha value is -2.37. The summed E-state index contributed by atoms with van der Waals surface area (Å²) in [6.07, 6.45) is -7.67. The second-order valence-corrected chi connectivity index (χ2v) is 5.39. The molecule has 0 saturated carbocycles. The van der Waals surface area contributed by atoms with E-state index in [9.17, 15) is 75.4 Å². The van der Waals surface area contributed by atoms with Crippen molar-refractivity contribution in [2.75, 3.05) is 0 Å². The van der Waals surface area contributed by atoms with Crippen molar-refractivity contribution in [3.8, 4) is 0 Å². The van der Waals surface area contributed by atoms with Crippen LogP contribution >= 0.6 is 0 Å². The molecule has 0 rings (SSSR count). The number of aliphatic carboxylic acids is 1. The fraction of sp³-hybridized carbons (Fsp3) is 0.714. The van der Waals surface area contributed by atoms with Crippen molar-refractivity contribution >= 4 is 11.9 Å². The Labute approximate surface area is 174 Å². The van der Waals surface area contributed by atoms with Crippen LogP contribution in [0.1, 0.15) is 20.8 Å². The lowest BCUT2D eigenvalue weighted by Crippen LogP contribution is -2.73. The SMILES string of the molecule is C=C(C)C(=O)O.CC.NC(=O)C(F)(F)C(F)(F)C(F)(F)C(F)(F)C(F)(F)C(F)(F)C(F)(F)F. The van der Waals surface area contributed by atoms with Gasteiger partial charge in [-0.15, -0.1) is 0 Å². The van der Waals surface area contributed by atoms with Gasteiger partial charge in [-0.2, -0.15) is 65.9 Å². The molecule has 33 heavy (non-hydrogen) atoms. The first-order chi connectivity index (χ1) is 14.1. The van der Waals surface area contributed by atoms with E-state index < -0.39 is 53.6 Å². The first-order valence-corrected chi connectivity index (χ1v) is 7.61. The van der Waals surface area contributed by atoms with Gasteiger partial charge in [0.25, 0.3) is 5.91 Å². The zero-order valence-electron chi connectivity index (χ0n) is 16.2. The summed E-state index contributed by atoms with van der Waals surface area (Å²) in [5, 5.41) is 7.89. The van der Waals surface area contributed by atoms with E-state index in [-0.39, 0.29) is 5.57 Å². The topological polar surface area (TPSA) is 80.4 Å². The molecule has 0 aromatic rings. The van der Waals surface area contributed by atoms with Gasteiger partial charge in [-0.3, -0.25) is 4.79 Å². The van der Waals surface area contributed by atoms with Crippen LogP contribution in [0.15, 0.2) is 12.2 Å². The molecule has 0 aliphatic carbocycles. The summed E-state index contributed by atoms with van der Waals surface area (Å²) in [5.41, 5.74) is 3.67. The predicted molar refractivity (Wildman–Crippen MR) is 78.7 cm³/mol. The fourth-order valence-electron chi connectivity index (χ4n) is 1.12. The number of hydrogen-bond acceptors (Lipinski definition) is 2. The highest BCUT2D eigenvalue weighted by molar-refractivity contribution is 5.84. The standard InChI is InChI=1S/C8H2F15NO.C4H6O2.C2H6/c9-2(10,1(24)25)3(11,12)4(13,14)5(15,16)6(17,18)7(19,20)8(21,22)23;1-3(2)4(5)6;1-2/h(H2,24,25);1H2,2H3,(H,5,6);1-2H3. The van der Waals surface area contributed by atoms with E-state index in [1.165, 1.54) is 6.92 Å². The van der Waals surface area contributed by atoms with Gasteiger partial charge >= 0.3 is 47.7 Å². The number of primary amides is 1. The monoisotopic (exact) mass is 529 g/mol. The van der Waals surface area contributed by atoms with Gasteiger partial charge in [0.2, 0.25) is 0 Å². The molecule has 19 heteroatoms. The van der Waals surface area contributed by atoms with Crippen LogP contribution in [0.3, 0.4) is 0 Å². The van der Waals surface area contributed by atoms with Crippen molar-refractivity contribution in [2.24, 2.45) is 5.73 Å². The maximum atomic E-state index is 12.9. The van der Waals surface area contributed by atoms with Crippen molar-refractivity contribution in [2.45, 2.75) is 62.5 Å². The summed E-state index contributed by atoms with van der Waals surface area (Å²) < 4.78 is 187. The maximum Gasteiger partial charge on any atom is 0.460 e. The molecule has 1 amide bonds. The molecule has 0 bridgehead atoms. The summed E-state index contributed by atoms with van der Waals surface area (Å²) in [4.78, 5) is 19.5. The largest absolute Gasteiger partial charge is 0.478 e. The molecule has 0 heterocycles. The lowest BCUT2D eigenvalue weighted by Gasteiger charge is -2.40. The second kappa shape index (κ2) is 10.3. The number of carboxylic acids is 1. The smallest absolute Gasteiger partial charge is 0.460 e. The minimum Gasteiger partial charge on any atom is -0.478 e. The Balaban J connectivity index is -0.000000965. The number of carboxylic acid groups (broad SMARTS) is 1. The van der Waals surface area contributed by atoms with Gasteiger partial charge in [-0.05, 0) is 6.92 Å². The Kier molecular flexibility index (Phi) is 11.0. The van der Waals surface area contributed by atoms with E-state index in [2.05, 4.69) is 12.3 Å². The number of halogens is 15. The fourth-order valence-corrected chi connectivity index (χ4v) is 1.12. The van der Waals surface area contributed by atoms with E-state index in [0.717, 1.165) is 0 Å². The third-order valence-corrected chi connectivity index (χ3v) is 3.00. The van der Waals surface area contributed by atoms with Gasteiger partial charge in [0.05, 0.1) is 0 Å². The molecule has 0 unspecified atom stereocenters. The van der Waals surface area contributed by atoms with Crippen molar-refractivity contribution in [1.82, 2.24) is 0 Å². The summed E-state index contributed by atoms with van der Waals surface area (Å²) in [7, 11) is 0. The van der Waals surface area contributed by atoms with Gasteiger partial charge in [0.15, 0.2) is 0 Å². The normalized spacial score (nSPS) is 13.8. The van der Waals surface area contributed by atoms with Gasteiger partial charge in [0.1, 0.15) is 0 Å². The third-order valence-electron chi connectivity index (χ3n) is 3.00. The molecular formula is C14H14F15NO3. The van der Waals surface area contributed by atoms with Crippen LogP contribution in [0.4, 0.5) is 65.9 Å². The number of hydrogen-bond donors (Lipinski definition) is 2. The van der Waals surface area contributed by atoms with Crippen LogP contribution < -0.4 is 5.73 Å². The van der Waals surface area contributed by atoms with E-state index in [0.29, 0.717) is 0 Å². The first kappa shape index (κ1) is 35.2. The van der Waals surface area contributed by atoms with E-state index in [4.69, 9.17) is 5.11 Å². The molecule has 4 nitrogen and oxygen atoms in total. The number of nitrogens with two attached hydrogens (primary N) is 1. The Morgan fingerprint density at radius 1 is 0.636 bits per heavy atom. The average Bonchev–Trinajstić information content (AvgIpc) is 2.61. The predicted octanol–water partition coefficient (Wildman–Crippen LogP) is 5.52. The Bertz CT molecular complexity index is 701. The zero-order chi connectivity index (χ0) is 28.2. The highest BCUT2D eigenvalue weighted by Gasteiger charge is 2.93. The minimum absolute atomic E-state index is 0.176. The van der Waals surface area contributed by atoms with E-state index in [1.54, 1.807) is 0 Å². The summed E-state index contributed by atoms with van der Waals surface area (Å²) >= 11 is 0. The third kappa shape index (κ3) is 5.96. The highest BCUT2D eigenvalue weighted by Crippen LogP contribution is 2.62. The molecule has 0 aliphatic rings. The lowest BCUT2D eigenvalue weighted by atomic mass is 9.91. The lowest BCUT2D eigenvalue weighted by molar-refractivity contribution is -0.449. The van der Waals surface area contributed by atoms with Gasteiger partial charge < -0.3 is 10.8 Å². The molecule has 0 aromatic carbocycles. The second-order valence-electron chi connectivity index (χ2n) is 5.39. The van der Waals surface area contributed by atoms with Crippen molar-refractivity contribution in [3.63, 3.8) is 0 Å². The van der Waals surface area contributed by atoms with Crippen LogP contribution in [0.5, 0.6) is 0 Å². The number of amides is 1. The molecule has 0 aliphatic heterocycles. The van der Waals surface area contributed by atoms with Crippen molar-refractivity contribution < 1.29 is 80.6 Å². The average molecular weight is 529 g/mol. The molecule has 3 N–H and O–H groups in total. The summed E-state index contributed by atoms with van der Waals surface area (Å²) in [5.74, 6) is -52.7. The van der Waals surface area contributed by atoms with E-state index in [1.807, 2.05) is 13.8 Å². The van der Waals surface area contributed by atoms with Crippen LogP contribution in [-0.2, 0) is 9.59 Å². The summed E-state index contributed by atoms with van der Waals surface area (Å²) in [6.45, 7) is 8.60. The van der Waals surface area contributed by atoms with Crippen LogP contribution in [-0.4, -0.2) is 58.7 Å². The molecule has 0 radical (unpaired) electrons. The molecule has 0 fully saturated rings. The summed E-state index contributed by atoms with van der Waals surface area (Å²) in [6, 6.07) is 0.